The molecule has 0 aromatic heterocycles. The van der Waals surface area contributed by atoms with Crippen LogP contribution in [0, 0.1) is 0 Å². The third-order valence-corrected chi connectivity index (χ3v) is 8.74. The Kier molecular flexibility index (Phi) is 13.0. The first-order chi connectivity index (χ1) is 21.0. The van der Waals surface area contributed by atoms with E-state index in [1.807, 2.05) is 0 Å². The minimum atomic E-state index is -1.51. The molecule has 3 saturated heterocycles. The molecule has 0 aromatic rings. The number of hydrogen-bond donors (Lipinski definition) is 11. The number of rotatable bonds is 12. The van der Waals surface area contributed by atoms with E-state index in [-0.39, 0.29) is 38.3 Å². The first-order valence-electron chi connectivity index (χ1n) is 15.3. The number of amides is 1. The summed E-state index contributed by atoms with van der Waals surface area (Å²) in [5.41, 5.74) is 35.9. The zero-order valence-electron chi connectivity index (χ0n) is 24.7. The molecule has 16 atom stereocenters. The molecular weight excluding hydrogens is 586 g/mol. The van der Waals surface area contributed by atoms with Gasteiger partial charge in [0.2, 0.25) is 5.91 Å². The number of aliphatic hydroxyl groups is 4. The fourth-order valence-corrected chi connectivity index (χ4v) is 6.06. The van der Waals surface area contributed by atoms with E-state index in [4.69, 9.17) is 62.8 Å². The van der Waals surface area contributed by atoms with E-state index in [2.05, 4.69) is 5.32 Å². The summed E-state index contributed by atoms with van der Waals surface area (Å²) < 4.78 is 35.9. The molecule has 3 aliphatic heterocycles. The highest BCUT2D eigenvalue weighted by atomic mass is 16.8. The summed E-state index contributed by atoms with van der Waals surface area (Å²) >= 11 is 0. The lowest BCUT2D eigenvalue weighted by Crippen LogP contribution is -2.67. The predicted molar refractivity (Wildman–Crippen MR) is 152 cm³/mol. The molecule has 0 bridgehead atoms. The van der Waals surface area contributed by atoms with Gasteiger partial charge in [-0.2, -0.15) is 0 Å². The second-order valence-electron chi connectivity index (χ2n) is 12.0. The minimum Gasteiger partial charge on any atom is -0.394 e. The maximum atomic E-state index is 12.4. The van der Waals surface area contributed by atoms with Gasteiger partial charge in [-0.25, -0.2) is 0 Å². The van der Waals surface area contributed by atoms with Gasteiger partial charge in [-0.3, -0.25) is 4.79 Å². The maximum Gasteiger partial charge on any atom is 0.250 e. The van der Waals surface area contributed by atoms with Crippen molar-refractivity contribution < 1.29 is 53.6 Å². The first-order valence-corrected chi connectivity index (χ1v) is 15.3. The van der Waals surface area contributed by atoms with Crippen LogP contribution < -0.4 is 39.7 Å². The summed E-state index contributed by atoms with van der Waals surface area (Å²) in [5, 5.41) is 45.2. The van der Waals surface area contributed by atoms with Gasteiger partial charge >= 0.3 is 0 Å². The largest absolute Gasteiger partial charge is 0.394 e. The van der Waals surface area contributed by atoms with E-state index >= 15 is 0 Å². The molecule has 4 fully saturated rings. The van der Waals surface area contributed by atoms with Crippen molar-refractivity contribution in [1.29, 1.82) is 0 Å². The lowest BCUT2D eigenvalue weighted by atomic mass is 9.83. The highest BCUT2D eigenvalue weighted by Crippen LogP contribution is 2.34. The van der Waals surface area contributed by atoms with Crippen LogP contribution in [0.5, 0.6) is 0 Å². The molecule has 1 saturated carbocycles. The Hall–Kier alpha value is -1.17. The molecule has 1 aliphatic carbocycles. The van der Waals surface area contributed by atoms with E-state index in [0.717, 1.165) is 0 Å². The monoisotopic (exact) mass is 637 g/mol. The highest BCUT2D eigenvalue weighted by Gasteiger charge is 2.53. The topological polar surface area (TPSA) is 322 Å². The number of nitrogens with two attached hydrogens (primary N) is 6. The molecule has 18 heteroatoms. The van der Waals surface area contributed by atoms with Gasteiger partial charge in [0.15, 0.2) is 18.9 Å². The van der Waals surface area contributed by atoms with Gasteiger partial charge in [0, 0.05) is 25.7 Å². The molecule has 18 nitrogen and oxygen atoms in total. The number of carbonyl (C=O) groups is 1. The van der Waals surface area contributed by atoms with Crippen LogP contribution in [0.2, 0.25) is 0 Å². The molecule has 44 heavy (non-hydrogen) atoms. The van der Waals surface area contributed by atoms with E-state index in [0.29, 0.717) is 25.7 Å². The van der Waals surface area contributed by atoms with Crippen molar-refractivity contribution in [2.24, 2.45) is 34.4 Å². The van der Waals surface area contributed by atoms with Gasteiger partial charge in [-0.1, -0.05) is 0 Å². The Morgan fingerprint density at radius 1 is 0.773 bits per heavy atom. The zero-order valence-corrected chi connectivity index (χ0v) is 24.7. The molecule has 16 unspecified atom stereocenters. The molecule has 0 aromatic carbocycles. The molecule has 1 amide bonds. The summed E-state index contributed by atoms with van der Waals surface area (Å²) in [7, 11) is 0. The average molecular weight is 638 g/mol. The van der Waals surface area contributed by atoms with E-state index in [1.165, 1.54) is 0 Å². The first kappa shape index (κ1) is 35.7. The van der Waals surface area contributed by atoms with E-state index in [1.54, 1.807) is 0 Å². The van der Waals surface area contributed by atoms with Gasteiger partial charge < -0.3 is 88.6 Å². The summed E-state index contributed by atoms with van der Waals surface area (Å²) in [6.45, 7) is -0.377. The van der Waals surface area contributed by atoms with Crippen LogP contribution in [0.1, 0.15) is 32.1 Å². The van der Waals surface area contributed by atoms with Crippen LogP contribution in [0.3, 0.4) is 0 Å². The molecule has 256 valence electrons. The standard InChI is InChI=1S/C26H51N7O11/c27-6-10-1-3-12(30)24(39-10)42-20-14(32)5-15(33-23(38)16(35)8-29)18(36)22(20)44-26-19(37)21(17(9-34)41-26)43-25-13(31)4-2-11(7-28)40-25/h10-22,24-26,34-37H,1-9,27-32H2,(H,33,38). The summed E-state index contributed by atoms with van der Waals surface area (Å²) in [6, 6.07) is -2.88. The van der Waals surface area contributed by atoms with Crippen LogP contribution in [0.15, 0.2) is 0 Å². The smallest absolute Gasteiger partial charge is 0.250 e. The van der Waals surface area contributed by atoms with Crippen molar-refractivity contribution in [3.63, 3.8) is 0 Å². The minimum absolute atomic E-state index is 0.0231. The Bertz CT molecular complexity index is 914. The van der Waals surface area contributed by atoms with Gasteiger partial charge in [-0.15, -0.1) is 0 Å². The predicted octanol–water partition coefficient (Wildman–Crippen LogP) is -6.30. The Labute approximate surface area is 255 Å². The maximum absolute atomic E-state index is 12.4. The number of ether oxygens (including phenoxy) is 6. The lowest BCUT2D eigenvalue weighted by molar-refractivity contribution is -0.288. The highest BCUT2D eigenvalue weighted by molar-refractivity contribution is 5.81. The molecule has 3 heterocycles. The van der Waals surface area contributed by atoms with Crippen molar-refractivity contribution in [2.75, 3.05) is 26.2 Å². The number of hydrogen-bond acceptors (Lipinski definition) is 17. The Balaban J connectivity index is 1.53. The van der Waals surface area contributed by atoms with Crippen molar-refractivity contribution >= 4 is 5.91 Å². The van der Waals surface area contributed by atoms with Crippen LogP contribution in [-0.2, 0) is 33.2 Å². The SMILES string of the molecule is NCC1CCC(N)C(OC2C(CO)OC(OC3C(O)C(NC(=O)C(O)CN)CC(N)C3OC3OC(CN)CCC3N)C2O)O1. The van der Waals surface area contributed by atoms with E-state index < -0.39 is 98.3 Å². The third-order valence-electron chi connectivity index (χ3n) is 8.74. The Morgan fingerprint density at radius 3 is 1.84 bits per heavy atom. The lowest BCUT2D eigenvalue weighted by Gasteiger charge is -2.46. The third kappa shape index (κ3) is 8.21. The summed E-state index contributed by atoms with van der Waals surface area (Å²) in [5.74, 6) is -0.809. The molecule has 0 radical (unpaired) electrons. The van der Waals surface area contributed by atoms with Gasteiger partial charge in [-0.05, 0) is 32.1 Å². The van der Waals surface area contributed by atoms with Crippen molar-refractivity contribution in [1.82, 2.24) is 5.32 Å². The quantitative estimate of drug-likeness (QED) is 0.0947. The van der Waals surface area contributed by atoms with Gasteiger partial charge in [0.1, 0.15) is 42.7 Å². The fraction of sp³-hybridized carbons (Fsp3) is 0.962. The van der Waals surface area contributed by atoms with E-state index in [9.17, 15) is 25.2 Å². The van der Waals surface area contributed by atoms with Crippen LogP contribution >= 0.6 is 0 Å². The molecule has 4 rings (SSSR count). The number of aliphatic hydroxyl groups excluding tert-OH is 4. The molecule has 0 spiro atoms. The van der Waals surface area contributed by atoms with Crippen LogP contribution in [0.4, 0.5) is 0 Å². The fourth-order valence-electron chi connectivity index (χ4n) is 6.06. The molecule has 17 N–H and O–H groups in total. The van der Waals surface area contributed by atoms with Crippen LogP contribution in [0.25, 0.3) is 0 Å². The summed E-state index contributed by atoms with van der Waals surface area (Å²) in [6.07, 6.45) is -10.4. The van der Waals surface area contributed by atoms with Crippen molar-refractivity contribution in [2.45, 2.75) is 130 Å². The van der Waals surface area contributed by atoms with Crippen molar-refractivity contribution in [3.8, 4) is 0 Å². The Morgan fingerprint density at radius 2 is 1.32 bits per heavy atom. The molecule has 4 aliphatic rings. The molecular formula is C26H51N7O11. The normalized spacial score (nSPS) is 45.6. The van der Waals surface area contributed by atoms with Gasteiger partial charge in [0.05, 0.1) is 36.9 Å². The second kappa shape index (κ2) is 16.1. The zero-order chi connectivity index (χ0) is 32.1. The van der Waals surface area contributed by atoms with Crippen molar-refractivity contribution in [3.05, 3.63) is 0 Å². The second-order valence-corrected chi connectivity index (χ2v) is 12.0. The number of carbonyl (C=O) groups excluding carboxylic acids is 1. The summed E-state index contributed by atoms with van der Waals surface area (Å²) in [4.78, 5) is 12.4. The number of nitrogens with one attached hydrogen (secondary N) is 1. The van der Waals surface area contributed by atoms with Gasteiger partial charge in [0.25, 0.3) is 0 Å². The van der Waals surface area contributed by atoms with Crippen LogP contribution in [-0.4, -0.2) is 151 Å². The average Bonchev–Trinajstić information content (AvgIpc) is 3.31.